The van der Waals surface area contributed by atoms with E-state index in [1.807, 2.05) is 18.2 Å². The maximum absolute atomic E-state index is 13.8. The van der Waals surface area contributed by atoms with Gasteiger partial charge in [0.25, 0.3) is 0 Å². The van der Waals surface area contributed by atoms with Crippen LogP contribution in [0, 0.1) is 11.6 Å². The third-order valence-electron chi connectivity index (χ3n) is 4.75. The van der Waals surface area contributed by atoms with E-state index in [2.05, 4.69) is 15.3 Å². The lowest BCUT2D eigenvalue weighted by Gasteiger charge is -2.07. The first-order valence-electron chi connectivity index (χ1n) is 9.37. The molecule has 1 amide bonds. The molecule has 0 atom stereocenters. The molecule has 0 aliphatic rings. The number of halogens is 2. The minimum absolute atomic E-state index is 0.151. The van der Waals surface area contributed by atoms with Crippen molar-refractivity contribution in [2.45, 2.75) is 19.3 Å². The van der Waals surface area contributed by atoms with E-state index in [4.69, 9.17) is 0 Å². The Hall–Kier alpha value is -3.54. The molecule has 0 saturated heterocycles. The number of nitrogens with zero attached hydrogens (tertiary/aromatic N) is 1. The van der Waals surface area contributed by atoms with Gasteiger partial charge in [0.05, 0.1) is 11.4 Å². The maximum Gasteiger partial charge on any atom is 0.224 e. The number of rotatable bonds is 6. The van der Waals surface area contributed by atoms with Gasteiger partial charge in [-0.05, 0) is 73.0 Å². The second kappa shape index (κ2) is 8.22. The van der Waals surface area contributed by atoms with Crippen LogP contribution in [-0.4, -0.2) is 15.9 Å². The zero-order chi connectivity index (χ0) is 20.2. The van der Waals surface area contributed by atoms with Gasteiger partial charge in [0.2, 0.25) is 5.91 Å². The van der Waals surface area contributed by atoms with Gasteiger partial charge in [-0.1, -0.05) is 6.07 Å². The molecule has 0 aliphatic heterocycles. The molecule has 0 aliphatic carbocycles. The average Bonchev–Trinajstić information content (AvgIpc) is 3.08. The van der Waals surface area contributed by atoms with Gasteiger partial charge >= 0.3 is 0 Å². The quantitative estimate of drug-likeness (QED) is 0.458. The number of amides is 1. The second-order valence-electron chi connectivity index (χ2n) is 6.79. The highest BCUT2D eigenvalue weighted by molar-refractivity contribution is 5.91. The minimum Gasteiger partial charge on any atom is -0.353 e. The van der Waals surface area contributed by atoms with E-state index in [9.17, 15) is 13.6 Å². The summed E-state index contributed by atoms with van der Waals surface area (Å²) in [4.78, 5) is 19.9. The highest BCUT2D eigenvalue weighted by atomic mass is 19.1. The van der Waals surface area contributed by atoms with Crippen molar-refractivity contribution in [1.29, 1.82) is 0 Å². The van der Waals surface area contributed by atoms with Crippen molar-refractivity contribution in [3.05, 3.63) is 84.1 Å². The van der Waals surface area contributed by atoms with Gasteiger partial charge in [0, 0.05) is 29.2 Å². The highest BCUT2D eigenvalue weighted by Crippen LogP contribution is 2.31. The molecule has 2 heterocycles. The van der Waals surface area contributed by atoms with Gasteiger partial charge in [-0.2, -0.15) is 0 Å². The number of nitrogens with one attached hydrogen (secondary N) is 2. The van der Waals surface area contributed by atoms with Crippen molar-refractivity contribution >= 4 is 22.5 Å². The molecule has 2 aromatic heterocycles. The van der Waals surface area contributed by atoms with Crippen molar-refractivity contribution in [1.82, 2.24) is 9.97 Å². The molecule has 4 rings (SSSR count). The lowest BCUT2D eigenvalue weighted by Crippen LogP contribution is -2.11. The number of fused-ring (bicyclic) bond motifs is 1. The molecule has 29 heavy (non-hydrogen) atoms. The fourth-order valence-electron chi connectivity index (χ4n) is 3.39. The fourth-order valence-corrected chi connectivity index (χ4v) is 3.39. The van der Waals surface area contributed by atoms with Crippen LogP contribution in [0.15, 0.2) is 66.9 Å². The molecule has 0 bridgehead atoms. The summed E-state index contributed by atoms with van der Waals surface area (Å²) in [7, 11) is 0. The number of aromatic nitrogens is 2. The molecule has 146 valence electrons. The molecule has 4 aromatic rings. The van der Waals surface area contributed by atoms with Crippen molar-refractivity contribution < 1.29 is 13.6 Å². The lowest BCUT2D eigenvalue weighted by molar-refractivity contribution is -0.116. The summed E-state index contributed by atoms with van der Waals surface area (Å²) < 4.78 is 26.8. The number of pyridine rings is 1. The zero-order valence-electron chi connectivity index (χ0n) is 15.6. The molecule has 2 N–H and O–H groups in total. The Labute approximate surface area is 166 Å². The number of carbonyl (C=O) groups excluding carboxylic acids is 1. The smallest absolute Gasteiger partial charge is 0.224 e. The Morgan fingerprint density at radius 2 is 1.79 bits per heavy atom. The molecule has 0 saturated carbocycles. The number of hydrogen-bond donors (Lipinski definition) is 2. The number of aryl methyl sites for hydroxylation is 1. The zero-order valence-corrected chi connectivity index (χ0v) is 15.6. The maximum atomic E-state index is 13.8. The largest absolute Gasteiger partial charge is 0.353 e. The first kappa shape index (κ1) is 18.8. The van der Waals surface area contributed by atoms with Crippen LogP contribution in [0.5, 0.6) is 0 Å². The fraction of sp³-hybridized carbons (Fsp3) is 0.130. The predicted octanol–water partition coefficient (Wildman–Crippen LogP) is 5.47. The van der Waals surface area contributed by atoms with Gasteiger partial charge < -0.3 is 10.3 Å². The molecular weight excluding hydrogens is 372 g/mol. The molecule has 4 nitrogen and oxygen atoms in total. The van der Waals surface area contributed by atoms with Crippen LogP contribution in [0.1, 0.15) is 18.4 Å². The van der Waals surface area contributed by atoms with E-state index < -0.39 is 0 Å². The Balaban J connectivity index is 1.51. The van der Waals surface area contributed by atoms with Crippen molar-refractivity contribution in [3.63, 3.8) is 0 Å². The summed E-state index contributed by atoms with van der Waals surface area (Å²) in [5.41, 5.74) is 3.94. The van der Waals surface area contributed by atoms with E-state index in [1.165, 1.54) is 36.4 Å². The van der Waals surface area contributed by atoms with Crippen LogP contribution in [0.2, 0.25) is 0 Å². The van der Waals surface area contributed by atoms with Gasteiger partial charge in [0.15, 0.2) is 0 Å². The number of benzene rings is 2. The molecule has 0 fully saturated rings. The monoisotopic (exact) mass is 391 g/mol. The second-order valence-corrected chi connectivity index (χ2v) is 6.79. The van der Waals surface area contributed by atoms with E-state index in [0.717, 1.165) is 27.9 Å². The normalized spacial score (nSPS) is 11.0. The Morgan fingerprint density at radius 3 is 2.55 bits per heavy atom. The van der Waals surface area contributed by atoms with Gasteiger partial charge in [-0.25, -0.2) is 8.78 Å². The van der Waals surface area contributed by atoms with Crippen LogP contribution < -0.4 is 5.32 Å². The van der Waals surface area contributed by atoms with Crippen LogP contribution in [0.3, 0.4) is 0 Å². The number of anilines is 1. The summed E-state index contributed by atoms with van der Waals surface area (Å²) in [6.07, 6.45) is 3.17. The van der Waals surface area contributed by atoms with Crippen LogP contribution >= 0.6 is 0 Å². The average molecular weight is 391 g/mol. The number of aromatic amines is 1. The van der Waals surface area contributed by atoms with Crippen molar-refractivity contribution in [2.75, 3.05) is 5.32 Å². The molecule has 0 spiro atoms. The van der Waals surface area contributed by atoms with Crippen molar-refractivity contribution in [3.8, 4) is 11.4 Å². The summed E-state index contributed by atoms with van der Waals surface area (Å²) in [6.45, 7) is 0. The number of H-pyrrole nitrogens is 1. The standard InChI is InChI=1S/C23H19F2N3O/c24-15-7-10-17(11-8-15)27-22(29)6-3-4-18-19-14-16(25)9-12-20(19)28-23(18)21-5-1-2-13-26-21/h1-2,5,7-14,28H,3-4,6H2,(H,27,29). The summed E-state index contributed by atoms with van der Waals surface area (Å²) in [5.74, 6) is -0.807. The molecule has 0 unspecified atom stereocenters. The SMILES string of the molecule is O=C(CCCc1c(-c2ccccn2)[nH]c2ccc(F)cc12)Nc1ccc(F)cc1. The van der Waals surface area contributed by atoms with Crippen molar-refractivity contribution in [2.24, 2.45) is 0 Å². The van der Waals surface area contributed by atoms with E-state index in [-0.39, 0.29) is 17.5 Å². The topological polar surface area (TPSA) is 57.8 Å². The lowest BCUT2D eigenvalue weighted by atomic mass is 10.0. The van der Waals surface area contributed by atoms with Crippen LogP contribution in [-0.2, 0) is 11.2 Å². The molecular formula is C23H19F2N3O. The third kappa shape index (κ3) is 4.32. The Kier molecular flexibility index (Phi) is 5.33. The summed E-state index contributed by atoms with van der Waals surface area (Å²) in [6, 6.07) is 15.9. The number of hydrogen-bond acceptors (Lipinski definition) is 2. The summed E-state index contributed by atoms with van der Waals surface area (Å²) in [5, 5.41) is 3.55. The van der Waals surface area contributed by atoms with Gasteiger partial charge in [-0.3, -0.25) is 9.78 Å². The first-order valence-corrected chi connectivity index (χ1v) is 9.37. The van der Waals surface area contributed by atoms with E-state index >= 15 is 0 Å². The first-order chi connectivity index (χ1) is 14.1. The molecule has 6 heteroatoms. The minimum atomic E-state index is -0.350. The van der Waals surface area contributed by atoms with E-state index in [1.54, 1.807) is 12.3 Å². The molecule has 0 radical (unpaired) electrons. The van der Waals surface area contributed by atoms with Crippen LogP contribution in [0.4, 0.5) is 14.5 Å². The molecule has 2 aromatic carbocycles. The van der Waals surface area contributed by atoms with Gasteiger partial charge in [0.1, 0.15) is 11.6 Å². The Morgan fingerprint density at radius 1 is 1.00 bits per heavy atom. The number of carbonyl (C=O) groups is 1. The van der Waals surface area contributed by atoms with Crippen LogP contribution in [0.25, 0.3) is 22.3 Å². The van der Waals surface area contributed by atoms with Gasteiger partial charge in [-0.15, -0.1) is 0 Å². The Bertz CT molecular complexity index is 1140. The van der Waals surface area contributed by atoms with E-state index in [0.29, 0.717) is 24.9 Å². The summed E-state index contributed by atoms with van der Waals surface area (Å²) >= 11 is 0. The highest BCUT2D eigenvalue weighted by Gasteiger charge is 2.15. The third-order valence-corrected chi connectivity index (χ3v) is 4.75. The predicted molar refractivity (Wildman–Crippen MR) is 109 cm³/mol.